The van der Waals surface area contributed by atoms with Crippen LogP contribution in [0, 0.1) is 0 Å². The van der Waals surface area contributed by atoms with Crippen LogP contribution in [0.1, 0.15) is 27.2 Å². The molecule has 0 fully saturated rings. The van der Waals surface area contributed by atoms with Gasteiger partial charge >= 0.3 is 6.18 Å². The largest absolute Gasteiger partial charge is 0.401 e. The lowest BCUT2D eigenvalue weighted by atomic mass is 9.94. The Balaban J connectivity index is 4.35. The standard InChI is InChI=1S/C11H23F3N2O/c1-5-15-10(3,8-17)6-9(2)16(4)7-11(12,13)14/h9,15,17H,5-8H2,1-4H3. The lowest BCUT2D eigenvalue weighted by Crippen LogP contribution is -2.51. The third-order valence-electron chi connectivity index (χ3n) is 2.88. The number of aliphatic hydroxyl groups is 1. The Labute approximate surface area is 101 Å². The van der Waals surface area contributed by atoms with Crippen molar-refractivity contribution in [2.24, 2.45) is 0 Å². The van der Waals surface area contributed by atoms with Crippen LogP contribution >= 0.6 is 0 Å². The van der Waals surface area contributed by atoms with Crippen molar-refractivity contribution in [1.29, 1.82) is 0 Å². The molecule has 0 heterocycles. The van der Waals surface area contributed by atoms with Crippen molar-refractivity contribution in [1.82, 2.24) is 10.2 Å². The average Bonchev–Trinajstić information content (AvgIpc) is 2.15. The van der Waals surface area contributed by atoms with Crippen LogP contribution in [0.15, 0.2) is 0 Å². The molecule has 0 amide bonds. The molecule has 2 unspecified atom stereocenters. The molecule has 17 heavy (non-hydrogen) atoms. The number of alkyl halides is 3. The molecule has 0 bridgehead atoms. The maximum absolute atomic E-state index is 12.2. The van der Waals surface area contributed by atoms with E-state index in [4.69, 9.17) is 0 Å². The fourth-order valence-electron chi connectivity index (χ4n) is 1.87. The summed E-state index contributed by atoms with van der Waals surface area (Å²) in [5.74, 6) is 0. The van der Waals surface area contributed by atoms with E-state index in [-0.39, 0.29) is 12.6 Å². The van der Waals surface area contributed by atoms with Gasteiger partial charge in [-0.1, -0.05) is 6.92 Å². The van der Waals surface area contributed by atoms with Crippen molar-refractivity contribution in [3.8, 4) is 0 Å². The molecule has 0 aromatic carbocycles. The summed E-state index contributed by atoms with van der Waals surface area (Å²) in [7, 11) is 1.45. The number of halogens is 3. The molecule has 0 aromatic rings. The normalized spacial score (nSPS) is 18.2. The lowest BCUT2D eigenvalue weighted by Gasteiger charge is -2.35. The second-order valence-corrected chi connectivity index (χ2v) is 4.83. The fourth-order valence-corrected chi connectivity index (χ4v) is 1.87. The molecule has 0 saturated carbocycles. The Bertz CT molecular complexity index is 223. The molecule has 0 spiro atoms. The molecule has 6 heteroatoms. The van der Waals surface area contributed by atoms with Crippen LogP contribution in [0.25, 0.3) is 0 Å². The first-order valence-electron chi connectivity index (χ1n) is 5.76. The summed E-state index contributed by atoms with van der Waals surface area (Å²) in [6.07, 6.45) is -3.72. The summed E-state index contributed by atoms with van der Waals surface area (Å²) in [5.41, 5.74) is -0.534. The molecule has 2 atom stereocenters. The number of aliphatic hydroxyl groups excluding tert-OH is 1. The van der Waals surface area contributed by atoms with Gasteiger partial charge in [0.05, 0.1) is 13.2 Å². The van der Waals surface area contributed by atoms with Gasteiger partial charge in [-0.2, -0.15) is 13.2 Å². The van der Waals surface area contributed by atoms with E-state index in [1.807, 2.05) is 13.8 Å². The van der Waals surface area contributed by atoms with E-state index in [1.54, 1.807) is 6.92 Å². The number of hydrogen-bond acceptors (Lipinski definition) is 3. The van der Waals surface area contributed by atoms with Gasteiger partial charge < -0.3 is 10.4 Å². The van der Waals surface area contributed by atoms with Crippen molar-refractivity contribution in [3.63, 3.8) is 0 Å². The van der Waals surface area contributed by atoms with Crippen molar-refractivity contribution in [2.45, 2.75) is 44.9 Å². The van der Waals surface area contributed by atoms with Crippen LogP contribution in [-0.2, 0) is 0 Å². The molecule has 104 valence electrons. The summed E-state index contributed by atoms with van der Waals surface area (Å²) in [6.45, 7) is 5.10. The average molecular weight is 256 g/mol. The highest BCUT2D eigenvalue weighted by Gasteiger charge is 2.33. The van der Waals surface area contributed by atoms with E-state index >= 15 is 0 Å². The predicted molar refractivity (Wildman–Crippen MR) is 61.9 cm³/mol. The van der Waals surface area contributed by atoms with Gasteiger partial charge in [0.15, 0.2) is 0 Å². The zero-order chi connectivity index (χ0) is 13.7. The van der Waals surface area contributed by atoms with Crippen LogP contribution < -0.4 is 5.32 Å². The third-order valence-corrected chi connectivity index (χ3v) is 2.88. The summed E-state index contributed by atoms with van der Waals surface area (Å²) >= 11 is 0. The first-order chi connectivity index (χ1) is 7.63. The second-order valence-electron chi connectivity index (χ2n) is 4.83. The Morgan fingerprint density at radius 1 is 1.35 bits per heavy atom. The number of hydrogen-bond donors (Lipinski definition) is 2. The fraction of sp³-hybridized carbons (Fsp3) is 1.00. The van der Waals surface area contributed by atoms with E-state index in [0.29, 0.717) is 13.0 Å². The predicted octanol–water partition coefficient (Wildman–Crippen LogP) is 1.62. The van der Waals surface area contributed by atoms with Crippen LogP contribution in [-0.4, -0.2) is 54.5 Å². The first kappa shape index (κ1) is 16.7. The molecule has 0 radical (unpaired) electrons. The third kappa shape index (κ3) is 6.85. The zero-order valence-corrected chi connectivity index (χ0v) is 10.9. The summed E-state index contributed by atoms with van der Waals surface area (Å²) in [4.78, 5) is 1.26. The molecule has 0 rings (SSSR count). The molecule has 2 N–H and O–H groups in total. The highest BCUT2D eigenvalue weighted by atomic mass is 19.4. The minimum atomic E-state index is -4.18. The monoisotopic (exact) mass is 256 g/mol. The van der Waals surface area contributed by atoms with Gasteiger partial charge in [0.1, 0.15) is 0 Å². The molecule has 0 aliphatic rings. The van der Waals surface area contributed by atoms with Crippen LogP contribution in [0.3, 0.4) is 0 Å². The van der Waals surface area contributed by atoms with Gasteiger partial charge in [-0.15, -0.1) is 0 Å². The number of nitrogens with one attached hydrogen (secondary N) is 1. The first-order valence-corrected chi connectivity index (χ1v) is 5.76. The molecule has 0 aliphatic carbocycles. The number of nitrogens with zero attached hydrogens (tertiary/aromatic N) is 1. The van der Waals surface area contributed by atoms with E-state index in [1.165, 1.54) is 11.9 Å². The van der Waals surface area contributed by atoms with Crippen molar-refractivity contribution in [3.05, 3.63) is 0 Å². The maximum Gasteiger partial charge on any atom is 0.401 e. The van der Waals surface area contributed by atoms with Gasteiger partial charge in [-0.25, -0.2) is 0 Å². The Morgan fingerprint density at radius 3 is 2.24 bits per heavy atom. The Morgan fingerprint density at radius 2 is 1.88 bits per heavy atom. The maximum atomic E-state index is 12.2. The van der Waals surface area contributed by atoms with Gasteiger partial charge in [-0.3, -0.25) is 4.90 Å². The SMILES string of the molecule is CCNC(C)(CO)CC(C)N(C)CC(F)(F)F. The summed E-state index contributed by atoms with van der Waals surface area (Å²) in [6, 6.07) is -0.257. The molecular formula is C11H23F3N2O. The lowest BCUT2D eigenvalue weighted by molar-refractivity contribution is -0.147. The molecule has 3 nitrogen and oxygen atoms in total. The zero-order valence-electron chi connectivity index (χ0n) is 10.9. The highest BCUT2D eigenvalue weighted by Crippen LogP contribution is 2.20. The molecule has 0 aliphatic heterocycles. The van der Waals surface area contributed by atoms with Gasteiger partial charge in [0.2, 0.25) is 0 Å². The van der Waals surface area contributed by atoms with Crippen LogP contribution in [0.2, 0.25) is 0 Å². The minimum Gasteiger partial charge on any atom is -0.394 e. The Kier molecular flexibility index (Phi) is 6.43. The van der Waals surface area contributed by atoms with Crippen LogP contribution in [0.5, 0.6) is 0 Å². The topological polar surface area (TPSA) is 35.5 Å². The van der Waals surface area contributed by atoms with E-state index < -0.39 is 18.3 Å². The quantitative estimate of drug-likeness (QED) is 0.726. The summed E-state index contributed by atoms with van der Waals surface area (Å²) < 4.78 is 36.7. The number of rotatable bonds is 7. The van der Waals surface area contributed by atoms with Crippen molar-refractivity contribution >= 4 is 0 Å². The Hall–Kier alpha value is -0.330. The highest BCUT2D eigenvalue weighted by molar-refractivity contribution is 4.86. The van der Waals surface area contributed by atoms with E-state index in [2.05, 4.69) is 5.32 Å². The smallest absolute Gasteiger partial charge is 0.394 e. The van der Waals surface area contributed by atoms with Crippen LogP contribution in [0.4, 0.5) is 13.2 Å². The number of likely N-dealkylation sites (N-methyl/N-ethyl adjacent to an activating group) is 1. The molecular weight excluding hydrogens is 233 g/mol. The summed E-state index contributed by atoms with van der Waals surface area (Å²) in [5, 5.41) is 12.4. The molecule has 0 saturated heterocycles. The van der Waals surface area contributed by atoms with Gasteiger partial charge in [0, 0.05) is 11.6 Å². The van der Waals surface area contributed by atoms with E-state index in [9.17, 15) is 18.3 Å². The van der Waals surface area contributed by atoms with Crippen molar-refractivity contribution < 1.29 is 18.3 Å². The van der Waals surface area contributed by atoms with Crippen molar-refractivity contribution in [2.75, 3.05) is 26.7 Å². The second kappa shape index (κ2) is 6.56. The van der Waals surface area contributed by atoms with E-state index in [0.717, 1.165) is 0 Å². The van der Waals surface area contributed by atoms with Gasteiger partial charge in [0.25, 0.3) is 0 Å². The van der Waals surface area contributed by atoms with Gasteiger partial charge in [-0.05, 0) is 33.9 Å². The minimum absolute atomic E-state index is 0.0922. The molecule has 0 aromatic heterocycles.